The Hall–Kier alpha value is -2.77. The molecule has 4 rings (SSSR count). The molecule has 1 aromatic heterocycles. The highest BCUT2D eigenvalue weighted by Gasteiger charge is 2.22. The molecule has 1 fully saturated rings. The van der Waals surface area contributed by atoms with Gasteiger partial charge in [-0.05, 0) is 36.1 Å². The smallest absolute Gasteiger partial charge is 0.264 e. The fraction of sp³-hybridized carbons (Fsp3) is 0.250. The van der Waals surface area contributed by atoms with E-state index in [9.17, 15) is 4.79 Å². The minimum Gasteiger partial charge on any atom is -0.484 e. The first-order chi connectivity index (χ1) is 13.3. The molecule has 1 atom stereocenters. The van der Waals surface area contributed by atoms with Crippen molar-refractivity contribution in [1.82, 2.24) is 10.2 Å². The molecule has 1 aliphatic rings. The second-order valence-corrected chi connectivity index (χ2v) is 7.18. The largest absolute Gasteiger partial charge is 0.484 e. The van der Waals surface area contributed by atoms with Gasteiger partial charge in [0, 0.05) is 6.61 Å². The van der Waals surface area contributed by atoms with E-state index in [0.29, 0.717) is 10.9 Å². The van der Waals surface area contributed by atoms with Crippen LogP contribution in [0.15, 0.2) is 54.6 Å². The molecule has 0 saturated carbocycles. The number of ether oxygens (including phenoxy) is 2. The van der Waals surface area contributed by atoms with Crippen LogP contribution >= 0.6 is 11.3 Å². The third kappa shape index (κ3) is 4.50. The molecule has 1 N–H and O–H groups in total. The number of nitrogens with one attached hydrogen (secondary N) is 1. The van der Waals surface area contributed by atoms with Gasteiger partial charge in [-0.15, -0.1) is 10.2 Å². The van der Waals surface area contributed by atoms with Crippen molar-refractivity contribution in [3.05, 3.63) is 59.6 Å². The van der Waals surface area contributed by atoms with E-state index in [0.717, 1.165) is 35.6 Å². The molecular formula is C20H19N3O3S. The predicted molar refractivity (Wildman–Crippen MR) is 104 cm³/mol. The van der Waals surface area contributed by atoms with E-state index in [2.05, 4.69) is 27.6 Å². The maximum atomic E-state index is 12.1. The van der Waals surface area contributed by atoms with Crippen LogP contribution in [0.25, 0.3) is 11.1 Å². The molecule has 2 aromatic carbocycles. The van der Waals surface area contributed by atoms with Crippen LogP contribution in [0.2, 0.25) is 0 Å². The Morgan fingerprint density at radius 3 is 2.63 bits per heavy atom. The van der Waals surface area contributed by atoms with Gasteiger partial charge in [-0.25, -0.2) is 0 Å². The average molecular weight is 381 g/mol. The Morgan fingerprint density at radius 2 is 1.89 bits per heavy atom. The standard InChI is InChI=1S/C20H19N3O3S/c24-18(21-20-23-22-19(27-20)17-7-4-12-25-17)13-26-16-10-8-15(9-11-16)14-5-2-1-3-6-14/h1-3,5-6,8-11,17H,4,7,12-13H2,(H,21,23,24). The summed E-state index contributed by atoms with van der Waals surface area (Å²) < 4.78 is 11.1. The van der Waals surface area contributed by atoms with Gasteiger partial charge >= 0.3 is 0 Å². The molecule has 138 valence electrons. The molecule has 1 aliphatic heterocycles. The molecule has 27 heavy (non-hydrogen) atoms. The number of rotatable bonds is 6. The zero-order valence-electron chi connectivity index (χ0n) is 14.6. The van der Waals surface area contributed by atoms with Gasteiger partial charge in [0.25, 0.3) is 5.91 Å². The highest BCUT2D eigenvalue weighted by molar-refractivity contribution is 7.15. The highest BCUT2D eigenvalue weighted by atomic mass is 32.1. The van der Waals surface area contributed by atoms with Crippen LogP contribution in [0, 0.1) is 0 Å². The van der Waals surface area contributed by atoms with Crippen LogP contribution in [-0.4, -0.2) is 29.3 Å². The fourth-order valence-electron chi connectivity index (χ4n) is 2.87. The van der Waals surface area contributed by atoms with Gasteiger partial charge < -0.3 is 9.47 Å². The van der Waals surface area contributed by atoms with Crippen molar-refractivity contribution in [1.29, 1.82) is 0 Å². The highest BCUT2D eigenvalue weighted by Crippen LogP contribution is 2.31. The lowest BCUT2D eigenvalue weighted by Crippen LogP contribution is -2.20. The lowest BCUT2D eigenvalue weighted by molar-refractivity contribution is -0.118. The SMILES string of the molecule is O=C(COc1ccc(-c2ccccc2)cc1)Nc1nnc(C2CCCO2)s1. The van der Waals surface area contributed by atoms with Crippen molar-refractivity contribution in [2.24, 2.45) is 0 Å². The van der Waals surface area contributed by atoms with Gasteiger partial charge in [0.1, 0.15) is 16.9 Å². The summed E-state index contributed by atoms with van der Waals surface area (Å²) in [5.74, 6) is 0.374. The Balaban J connectivity index is 1.29. The number of hydrogen-bond acceptors (Lipinski definition) is 6. The second-order valence-electron chi connectivity index (χ2n) is 6.17. The fourth-order valence-corrected chi connectivity index (χ4v) is 3.71. The van der Waals surface area contributed by atoms with Crippen molar-refractivity contribution in [2.75, 3.05) is 18.5 Å². The predicted octanol–water partition coefficient (Wildman–Crippen LogP) is 4.07. The Labute approximate surface area is 161 Å². The summed E-state index contributed by atoms with van der Waals surface area (Å²) in [5.41, 5.74) is 2.24. The zero-order valence-corrected chi connectivity index (χ0v) is 15.4. The van der Waals surface area contributed by atoms with Gasteiger partial charge in [-0.2, -0.15) is 0 Å². The van der Waals surface area contributed by atoms with Crippen molar-refractivity contribution >= 4 is 22.4 Å². The van der Waals surface area contributed by atoms with Crippen molar-refractivity contribution in [2.45, 2.75) is 18.9 Å². The minimum absolute atomic E-state index is 0.00697. The zero-order chi connectivity index (χ0) is 18.5. The Morgan fingerprint density at radius 1 is 1.11 bits per heavy atom. The van der Waals surface area contributed by atoms with Crippen LogP contribution in [0.1, 0.15) is 24.0 Å². The number of nitrogens with zero attached hydrogens (tertiary/aromatic N) is 2. The topological polar surface area (TPSA) is 73.3 Å². The third-order valence-corrected chi connectivity index (χ3v) is 5.15. The van der Waals surface area contributed by atoms with Gasteiger partial charge in [-0.1, -0.05) is 53.8 Å². The number of aromatic nitrogens is 2. The van der Waals surface area contributed by atoms with E-state index in [-0.39, 0.29) is 18.6 Å². The lowest BCUT2D eigenvalue weighted by atomic mass is 10.1. The summed E-state index contributed by atoms with van der Waals surface area (Å²) in [6.45, 7) is 0.669. The number of carbonyl (C=O) groups is 1. The summed E-state index contributed by atoms with van der Waals surface area (Å²) in [6, 6.07) is 17.8. The summed E-state index contributed by atoms with van der Waals surface area (Å²) in [6.07, 6.45) is 1.99. The molecule has 2 heterocycles. The van der Waals surface area contributed by atoms with Crippen LogP contribution in [0.5, 0.6) is 5.75 Å². The maximum Gasteiger partial charge on any atom is 0.264 e. The first kappa shape index (κ1) is 17.6. The molecule has 1 saturated heterocycles. The molecule has 1 amide bonds. The summed E-state index contributed by atoms with van der Waals surface area (Å²) >= 11 is 1.34. The summed E-state index contributed by atoms with van der Waals surface area (Å²) in [4.78, 5) is 12.1. The molecule has 0 radical (unpaired) electrons. The normalized spacial score (nSPS) is 16.2. The molecule has 1 unspecified atom stereocenters. The summed E-state index contributed by atoms with van der Waals surface area (Å²) in [5, 5.41) is 12.1. The molecule has 3 aromatic rings. The van der Waals surface area contributed by atoms with E-state index in [1.54, 1.807) is 0 Å². The monoisotopic (exact) mass is 381 g/mol. The van der Waals surface area contributed by atoms with E-state index >= 15 is 0 Å². The number of amides is 1. The van der Waals surface area contributed by atoms with E-state index in [1.165, 1.54) is 11.3 Å². The van der Waals surface area contributed by atoms with Crippen molar-refractivity contribution in [3.63, 3.8) is 0 Å². The number of carbonyl (C=O) groups excluding carboxylic acids is 1. The number of hydrogen-bond donors (Lipinski definition) is 1. The van der Waals surface area contributed by atoms with Crippen molar-refractivity contribution in [3.8, 4) is 16.9 Å². The van der Waals surface area contributed by atoms with E-state index < -0.39 is 0 Å². The lowest BCUT2D eigenvalue weighted by Gasteiger charge is -2.07. The summed E-state index contributed by atoms with van der Waals surface area (Å²) in [7, 11) is 0. The van der Waals surface area contributed by atoms with Gasteiger partial charge in [0.2, 0.25) is 5.13 Å². The Bertz CT molecular complexity index is 890. The van der Waals surface area contributed by atoms with Gasteiger partial charge in [0.15, 0.2) is 6.61 Å². The maximum absolute atomic E-state index is 12.1. The molecular weight excluding hydrogens is 362 g/mol. The van der Waals surface area contributed by atoms with Crippen LogP contribution in [-0.2, 0) is 9.53 Å². The van der Waals surface area contributed by atoms with Gasteiger partial charge in [-0.3, -0.25) is 10.1 Å². The molecule has 6 nitrogen and oxygen atoms in total. The van der Waals surface area contributed by atoms with Crippen LogP contribution in [0.3, 0.4) is 0 Å². The second kappa shape index (κ2) is 8.28. The van der Waals surface area contributed by atoms with Crippen LogP contribution in [0.4, 0.5) is 5.13 Å². The number of anilines is 1. The Kier molecular flexibility index (Phi) is 5.41. The first-order valence-electron chi connectivity index (χ1n) is 8.81. The molecule has 0 spiro atoms. The van der Waals surface area contributed by atoms with E-state index in [4.69, 9.17) is 9.47 Å². The minimum atomic E-state index is -0.267. The van der Waals surface area contributed by atoms with Crippen LogP contribution < -0.4 is 10.1 Å². The number of benzene rings is 2. The molecule has 0 aliphatic carbocycles. The van der Waals surface area contributed by atoms with E-state index in [1.807, 2.05) is 42.5 Å². The third-order valence-electron chi connectivity index (χ3n) is 4.22. The van der Waals surface area contributed by atoms with Gasteiger partial charge in [0.05, 0.1) is 0 Å². The first-order valence-corrected chi connectivity index (χ1v) is 9.63. The molecule has 7 heteroatoms. The molecule has 0 bridgehead atoms. The van der Waals surface area contributed by atoms with Crippen molar-refractivity contribution < 1.29 is 14.3 Å². The quantitative estimate of drug-likeness (QED) is 0.697. The average Bonchev–Trinajstić information content (AvgIpc) is 3.39.